The van der Waals surface area contributed by atoms with Gasteiger partial charge in [-0.3, -0.25) is 0 Å². The fourth-order valence-electron chi connectivity index (χ4n) is 1.82. The summed E-state index contributed by atoms with van der Waals surface area (Å²) in [6.45, 7) is -0.920. The van der Waals surface area contributed by atoms with E-state index in [2.05, 4.69) is 10.4 Å². The fourth-order valence-corrected chi connectivity index (χ4v) is 1.82. The zero-order valence-corrected chi connectivity index (χ0v) is 12.5. The summed E-state index contributed by atoms with van der Waals surface area (Å²) >= 11 is 0. The predicted octanol–water partition coefficient (Wildman–Crippen LogP) is 2.40. The Morgan fingerprint density at radius 3 is 2.71 bits per heavy atom. The molecule has 0 aliphatic rings. The zero-order chi connectivity index (χ0) is 17.9. The van der Waals surface area contributed by atoms with Crippen LogP contribution in [0.3, 0.4) is 0 Å². The van der Waals surface area contributed by atoms with Gasteiger partial charge in [0, 0.05) is 7.05 Å². The first kappa shape index (κ1) is 17.7. The molecule has 130 valence electrons. The Kier molecular flexibility index (Phi) is 5.07. The van der Waals surface area contributed by atoms with Gasteiger partial charge in [0.15, 0.2) is 6.10 Å². The van der Waals surface area contributed by atoms with Gasteiger partial charge in [0.25, 0.3) is 0 Å². The van der Waals surface area contributed by atoms with Gasteiger partial charge in [0.1, 0.15) is 11.5 Å². The van der Waals surface area contributed by atoms with Crippen LogP contribution in [0.2, 0.25) is 0 Å². The number of nitrogens with zero attached hydrogens (tertiary/aromatic N) is 3. The molecule has 0 spiro atoms. The van der Waals surface area contributed by atoms with Crippen LogP contribution in [0, 0.1) is 5.82 Å². The second-order valence-electron chi connectivity index (χ2n) is 4.99. The first-order valence-corrected chi connectivity index (χ1v) is 6.75. The first-order chi connectivity index (χ1) is 11.2. The van der Waals surface area contributed by atoms with Crippen LogP contribution in [-0.4, -0.2) is 51.7 Å². The number of likely N-dealkylation sites (N-methyl/N-ethyl adjacent to an activating group) is 1. The number of carbonyl (C=O) groups excluding carboxylic acids is 1. The molecule has 2 aromatic rings. The molecule has 1 aromatic heterocycles. The van der Waals surface area contributed by atoms with E-state index < -0.39 is 30.7 Å². The third kappa shape index (κ3) is 4.22. The van der Waals surface area contributed by atoms with E-state index in [1.54, 1.807) is 6.07 Å². The lowest BCUT2D eigenvalue weighted by Gasteiger charge is -2.22. The molecule has 0 bridgehead atoms. The minimum Gasteiger partial charge on any atom is -0.382 e. The van der Waals surface area contributed by atoms with Crippen molar-refractivity contribution < 1.29 is 27.5 Å². The summed E-state index contributed by atoms with van der Waals surface area (Å²) in [6, 6.07) is 4.95. The van der Waals surface area contributed by atoms with Crippen molar-refractivity contribution >= 4 is 11.7 Å². The number of benzene rings is 1. The Bertz CT molecular complexity index is 717. The molecule has 0 radical (unpaired) electrons. The molecule has 0 saturated carbocycles. The lowest BCUT2D eigenvalue weighted by Crippen LogP contribution is -2.43. The van der Waals surface area contributed by atoms with Crippen LogP contribution in [0.15, 0.2) is 36.7 Å². The van der Waals surface area contributed by atoms with Gasteiger partial charge < -0.3 is 15.3 Å². The molecule has 0 fully saturated rings. The van der Waals surface area contributed by atoms with Gasteiger partial charge in [-0.15, -0.1) is 0 Å². The number of para-hydroxylation sites is 1. The van der Waals surface area contributed by atoms with Gasteiger partial charge in [-0.05, 0) is 12.1 Å². The summed E-state index contributed by atoms with van der Waals surface area (Å²) in [4.78, 5) is 12.5. The Hall–Kier alpha value is -2.62. The molecular weight excluding hydrogens is 332 g/mol. The quantitative estimate of drug-likeness (QED) is 0.835. The number of nitrogens with one attached hydrogen (secondary N) is 1. The number of urea groups is 1. The van der Waals surface area contributed by atoms with E-state index in [0.717, 1.165) is 7.05 Å². The molecule has 10 heteroatoms. The number of hydrogen-bond donors (Lipinski definition) is 2. The van der Waals surface area contributed by atoms with Crippen molar-refractivity contribution in [2.24, 2.45) is 0 Å². The van der Waals surface area contributed by atoms with E-state index >= 15 is 0 Å². The number of anilines is 1. The molecule has 1 atom stereocenters. The van der Waals surface area contributed by atoms with Gasteiger partial charge in [0.2, 0.25) is 0 Å². The first-order valence-electron chi connectivity index (χ1n) is 6.75. The van der Waals surface area contributed by atoms with Crippen LogP contribution in [0.5, 0.6) is 0 Å². The van der Waals surface area contributed by atoms with E-state index in [1.165, 1.54) is 35.3 Å². The van der Waals surface area contributed by atoms with Gasteiger partial charge in [0.05, 0.1) is 24.6 Å². The smallest absolute Gasteiger partial charge is 0.382 e. The third-order valence-electron chi connectivity index (χ3n) is 3.10. The summed E-state index contributed by atoms with van der Waals surface area (Å²) in [7, 11) is 1.10. The molecule has 1 heterocycles. The zero-order valence-electron chi connectivity index (χ0n) is 12.5. The van der Waals surface area contributed by atoms with Crippen molar-refractivity contribution in [2.75, 3.05) is 18.9 Å². The molecule has 6 nitrogen and oxygen atoms in total. The Balaban J connectivity index is 2.02. The van der Waals surface area contributed by atoms with Crippen LogP contribution in [0.4, 0.5) is 28.0 Å². The van der Waals surface area contributed by atoms with Crippen molar-refractivity contribution in [1.29, 1.82) is 0 Å². The fraction of sp³-hybridized carbons (Fsp3) is 0.286. The average molecular weight is 346 g/mol. The number of amides is 2. The lowest BCUT2D eigenvalue weighted by molar-refractivity contribution is -0.205. The summed E-state index contributed by atoms with van der Waals surface area (Å²) < 4.78 is 51.6. The molecule has 0 saturated heterocycles. The molecule has 2 rings (SSSR count). The number of aromatic nitrogens is 2. The third-order valence-corrected chi connectivity index (χ3v) is 3.10. The topological polar surface area (TPSA) is 70.4 Å². The highest BCUT2D eigenvalue weighted by molar-refractivity contribution is 5.88. The molecule has 1 aromatic carbocycles. The van der Waals surface area contributed by atoms with Gasteiger partial charge in [-0.25, -0.2) is 13.9 Å². The van der Waals surface area contributed by atoms with E-state index in [0.29, 0.717) is 4.90 Å². The summed E-state index contributed by atoms with van der Waals surface area (Å²) in [6.07, 6.45) is -4.93. The number of aliphatic hydroxyl groups excluding tert-OH is 1. The highest BCUT2D eigenvalue weighted by atomic mass is 19.4. The van der Waals surface area contributed by atoms with E-state index in [4.69, 9.17) is 5.11 Å². The van der Waals surface area contributed by atoms with Gasteiger partial charge in [-0.1, -0.05) is 12.1 Å². The Morgan fingerprint density at radius 2 is 2.08 bits per heavy atom. The van der Waals surface area contributed by atoms with E-state index in [-0.39, 0.29) is 11.4 Å². The molecule has 2 N–H and O–H groups in total. The van der Waals surface area contributed by atoms with Crippen molar-refractivity contribution in [1.82, 2.24) is 14.7 Å². The number of carbonyl (C=O) groups is 1. The van der Waals surface area contributed by atoms with Crippen LogP contribution >= 0.6 is 0 Å². The average Bonchev–Trinajstić information content (AvgIpc) is 2.94. The normalized spacial score (nSPS) is 12.8. The monoisotopic (exact) mass is 346 g/mol. The van der Waals surface area contributed by atoms with Crippen molar-refractivity contribution in [3.63, 3.8) is 0 Å². The highest BCUT2D eigenvalue weighted by Gasteiger charge is 2.39. The van der Waals surface area contributed by atoms with Crippen molar-refractivity contribution in [3.8, 4) is 5.69 Å². The minimum atomic E-state index is -4.82. The van der Waals surface area contributed by atoms with Crippen LogP contribution in [-0.2, 0) is 0 Å². The standard InChI is InChI=1S/C14H14F4N4O2/c1-21(8-12(23)14(16,17)18)13(24)20-9-6-19-22(7-9)11-5-3-2-4-10(11)15/h2-7,12,23H,8H2,1H3,(H,20,24). The van der Waals surface area contributed by atoms with Crippen LogP contribution in [0.1, 0.15) is 0 Å². The summed E-state index contributed by atoms with van der Waals surface area (Å²) in [5, 5.41) is 15.1. The number of aliphatic hydroxyl groups is 1. The largest absolute Gasteiger partial charge is 0.416 e. The minimum absolute atomic E-state index is 0.152. The van der Waals surface area contributed by atoms with E-state index in [1.807, 2.05) is 0 Å². The maximum atomic E-state index is 13.6. The van der Waals surface area contributed by atoms with Crippen molar-refractivity contribution in [3.05, 3.63) is 42.5 Å². The maximum Gasteiger partial charge on any atom is 0.416 e. The van der Waals surface area contributed by atoms with Gasteiger partial charge in [-0.2, -0.15) is 18.3 Å². The Labute approximate surface area is 134 Å². The number of alkyl halides is 3. The molecule has 1 unspecified atom stereocenters. The number of halogens is 4. The van der Waals surface area contributed by atoms with Crippen LogP contribution < -0.4 is 5.32 Å². The highest BCUT2D eigenvalue weighted by Crippen LogP contribution is 2.21. The second kappa shape index (κ2) is 6.87. The summed E-state index contributed by atoms with van der Waals surface area (Å²) in [5.41, 5.74) is 0.315. The molecule has 24 heavy (non-hydrogen) atoms. The van der Waals surface area contributed by atoms with E-state index in [9.17, 15) is 22.4 Å². The molecular formula is C14H14F4N4O2. The maximum absolute atomic E-state index is 13.6. The number of hydrogen-bond acceptors (Lipinski definition) is 3. The predicted molar refractivity (Wildman–Crippen MR) is 77.2 cm³/mol. The molecule has 0 aliphatic heterocycles. The lowest BCUT2D eigenvalue weighted by atomic mass is 10.3. The van der Waals surface area contributed by atoms with Crippen molar-refractivity contribution in [2.45, 2.75) is 12.3 Å². The Morgan fingerprint density at radius 1 is 1.42 bits per heavy atom. The second-order valence-corrected chi connectivity index (χ2v) is 4.99. The molecule has 2 amide bonds. The van der Waals surface area contributed by atoms with Gasteiger partial charge >= 0.3 is 12.2 Å². The SMILES string of the molecule is CN(CC(O)C(F)(F)F)C(=O)Nc1cnn(-c2ccccc2F)c1. The summed E-state index contributed by atoms with van der Waals surface area (Å²) in [5.74, 6) is -0.524. The number of rotatable bonds is 4. The van der Waals surface area contributed by atoms with Crippen LogP contribution in [0.25, 0.3) is 5.69 Å². The molecule has 0 aliphatic carbocycles.